The lowest BCUT2D eigenvalue weighted by molar-refractivity contribution is -0.148. The molecule has 0 aliphatic carbocycles. The average molecular weight is 411 g/mol. The largest absolute Gasteiger partial charge is 0.497 e. The molecule has 0 heterocycles. The van der Waals surface area contributed by atoms with Crippen molar-refractivity contribution in [3.63, 3.8) is 0 Å². The third kappa shape index (κ3) is 5.86. The number of anilines is 1. The molecule has 1 N–H and O–H groups in total. The van der Waals surface area contributed by atoms with E-state index in [0.29, 0.717) is 17.1 Å². The summed E-state index contributed by atoms with van der Waals surface area (Å²) in [6.07, 6.45) is 3.50. The van der Waals surface area contributed by atoms with E-state index >= 15 is 0 Å². The molecule has 0 aliphatic rings. The molecule has 6 heteroatoms. The third-order valence-electron chi connectivity index (χ3n) is 4.75. The summed E-state index contributed by atoms with van der Waals surface area (Å²) in [5, 5.41) is 2.92. The van der Waals surface area contributed by atoms with Crippen LogP contribution in [-0.4, -0.2) is 32.2 Å². The number of methoxy groups -OCH3 is 2. The third-order valence-corrected chi connectivity index (χ3v) is 4.75. The van der Waals surface area contributed by atoms with Crippen molar-refractivity contribution in [1.82, 2.24) is 0 Å². The quantitative estimate of drug-likeness (QED) is 0.489. The van der Waals surface area contributed by atoms with Crippen LogP contribution in [0.2, 0.25) is 0 Å². The van der Waals surface area contributed by atoms with Crippen molar-refractivity contribution in [2.45, 2.75) is 39.7 Å². The number of benzene rings is 2. The molecular weight excluding hydrogens is 382 g/mol. The zero-order chi connectivity index (χ0) is 22.1. The first kappa shape index (κ1) is 23.0. The molecule has 0 saturated carbocycles. The van der Waals surface area contributed by atoms with Gasteiger partial charge in [-0.25, -0.2) is 4.79 Å². The lowest BCUT2D eigenvalue weighted by atomic mass is 10.0. The number of para-hydroxylation sites is 1. The fraction of sp³-hybridized carbons (Fsp3) is 0.333. The number of hydrogen-bond donors (Lipinski definition) is 1. The predicted octanol–water partition coefficient (Wildman–Crippen LogP) is 4.41. The monoisotopic (exact) mass is 411 g/mol. The standard InChI is InChI=1S/C24H29NO5/c1-6-17-9-8-10-18(7-2)23(17)25-24(27)16(3)30-22(26)14-12-19-11-13-20(28-4)15-21(19)29-5/h8-16H,6-7H2,1-5H3,(H,25,27)/b14-12+/t16-/m1/s1. The highest BCUT2D eigenvalue weighted by Gasteiger charge is 2.19. The van der Waals surface area contributed by atoms with Gasteiger partial charge in [0, 0.05) is 23.4 Å². The number of carbonyl (C=O) groups excluding carboxylic acids is 2. The number of aryl methyl sites for hydroxylation is 2. The van der Waals surface area contributed by atoms with E-state index in [1.807, 2.05) is 32.0 Å². The maximum atomic E-state index is 12.6. The maximum absolute atomic E-state index is 12.6. The summed E-state index contributed by atoms with van der Waals surface area (Å²) in [4.78, 5) is 24.8. The summed E-state index contributed by atoms with van der Waals surface area (Å²) >= 11 is 0. The van der Waals surface area contributed by atoms with Gasteiger partial charge in [-0.3, -0.25) is 4.79 Å². The number of carbonyl (C=O) groups is 2. The Labute approximate surface area is 177 Å². The van der Waals surface area contributed by atoms with Crippen molar-refractivity contribution in [3.05, 3.63) is 59.2 Å². The summed E-state index contributed by atoms with van der Waals surface area (Å²) in [7, 11) is 3.10. The van der Waals surface area contributed by atoms with Crippen LogP contribution in [0.5, 0.6) is 11.5 Å². The van der Waals surface area contributed by atoms with Gasteiger partial charge in [0.15, 0.2) is 6.10 Å². The fourth-order valence-corrected chi connectivity index (χ4v) is 3.01. The summed E-state index contributed by atoms with van der Waals surface area (Å²) in [5.74, 6) is 0.229. The normalized spacial score (nSPS) is 11.8. The Balaban J connectivity index is 2.04. The predicted molar refractivity (Wildman–Crippen MR) is 118 cm³/mol. The molecule has 0 fully saturated rings. The van der Waals surface area contributed by atoms with Gasteiger partial charge in [-0.2, -0.15) is 0 Å². The van der Waals surface area contributed by atoms with Gasteiger partial charge < -0.3 is 19.5 Å². The number of ether oxygens (including phenoxy) is 3. The second kappa shape index (κ2) is 11.0. The topological polar surface area (TPSA) is 73.9 Å². The lowest BCUT2D eigenvalue weighted by Gasteiger charge is -2.17. The summed E-state index contributed by atoms with van der Waals surface area (Å²) in [5.41, 5.74) is 3.59. The van der Waals surface area contributed by atoms with E-state index in [4.69, 9.17) is 14.2 Å². The summed E-state index contributed by atoms with van der Waals surface area (Å²) in [6, 6.07) is 11.2. The van der Waals surface area contributed by atoms with Gasteiger partial charge in [0.25, 0.3) is 5.91 Å². The van der Waals surface area contributed by atoms with Crippen molar-refractivity contribution < 1.29 is 23.8 Å². The van der Waals surface area contributed by atoms with E-state index < -0.39 is 12.1 Å². The van der Waals surface area contributed by atoms with Gasteiger partial charge in [0.2, 0.25) is 0 Å². The van der Waals surface area contributed by atoms with Crippen LogP contribution in [0.15, 0.2) is 42.5 Å². The molecule has 1 amide bonds. The van der Waals surface area contributed by atoms with Crippen molar-refractivity contribution >= 4 is 23.6 Å². The highest BCUT2D eigenvalue weighted by Crippen LogP contribution is 2.26. The Hall–Kier alpha value is -3.28. The number of rotatable bonds is 9. The number of esters is 1. The van der Waals surface area contributed by atoms with Gasteiger partial charge in [-0.15, -0.1) is 0 Å². The first-order valence-electron chi connectivity index (χ1n) is 9.95. The first-order chi connectivity index (χ1) is 14.4. The number of hydrogen-bond acceptors (Lipinski definition) is 5. The fourth-order valence-electron chi connectivity index (χ4n) is 3.01. The van der Waals surface area contributed by atoms with Crippen LogP contribution in [0.1, 0.15) is 37.5 Å². The van der Waals surface area contributed by atoms with E-state index in [1.54, 1.807) is 38.3 Å². The van der Waals surface area contributed by atoms with E-state index in [9.17, 15) is 9.59 Å². The molecule has 160 valence electrons. The Morgan fingerprint density at radius 3 is 2.27 bits per heavy atom. The number of nitrogens with one attached hydrogen (secondary N) is 1. The van der Waals surface area contributed by atoms with Crippen LogP contribution >= 0.6 is 0 Å². The average Bonchev–Trinajstić information content (AvgIpc) is 2.77. The minimum absolute atomic E-state index is 0.366. The Bertz CT molecular complexity index is 898. The molecule has 6 nitrogen and oxygen atoms in total. The van der Waals surface area contributed by atoms with E-state index in [1.165, 1.54) is 13.2 Å². The molecule has 2 aromatic carbocycles. The lowest BCUT2D eigenvalue weighted by Crippen LogP contribution is -2.30. The van der Waals surface area contributed by atoms with Crippen LogP contribution in [0.3, 0.4) is 0 Å². The first-order valence-corrected chi connectivity index (χ1v) is 9.95. The zero-order valence-electron chi connectivity index (χ0n) is 18.2. The molecule has 0 saturated heterocycles. The summed E-state index contributed by atoms with van der Waals surface area (Å²) < 4.78 is 15.7. The van der Waals surface area contributed by atoms with Crippen LogP contribution in [-0.2, 0) is 27.2 Å². The van der Waals surface area contributed by atoms with Crippen LogP contribution < -0.4 is 14.8 Å². The van der Waals surface area contributed by atoms with Crippen molar-refractivity contribution in [1.29, 1.82) is 0 Å². The van der Waals surface area contributed by atoms with Crippen molar-refractivity contribution in [3.8, 4) is 11.5 Å². The van der Waals surface area contributed by atoms with Crippen LogP contribution in [0.4, 0.5) is 5.69 Å². The second-order valence-corrected chi connectivity index (χ2v) is 6.67. The Morgan fingerprint density at radius 1 is 1.03 bits per heavy atom. The molecular formula is C24H29NO5. The summed E-state index contributed by atoms with van der Waals surface area (Å²) in [6.45, 7) is 5.62. The second-order valence-electron chi connectivity index (χ2n) is 6.67. The van der Waals surface area contributed by atoms with E-state index in [0.717, 1.165) is 29.7 Å². The Kier molecular flexibility index (Phi) is 8.47. The van der Waals surface area contributed by atoms with Gasteiger partial charge in [-0.05, 0) is 49.1 Å². The molecule has 2 aromatic rings. The zero-order valence-corrected chi connectivity index (χ0v) is 18.2. The maximum Gasteiger partial charge on any atom is 0.331 e. The molecule has 0 radical (unpaired) electrons. The van der Waals surface area contributed by atoms with E-state index in [-0.39, 0.29) is 5.91 Å². The van der Waals surface area contributed by atoms with Crippen molar-refractivity contribution in [2.24, 2.45) is 0 Å². The van der Waals surface area contributed by atoms with Gasteiger partial charge in [0.05, 0.1) is 14.2 Å². The highest BCUT2D eigenvalue weighted by atomic mass is 16.5. The highest BCUT2D eigenvalue weighted by molar-refractivity contribution is 5.97. The van der Waals surface area contributed by atoms with Gasteiger partial charge in [0.1, 0.15) is 11.5 Å². The van der Waals surface area contributed by atoms with Gasteiger partial charge >= 0.3 is 5.97 Å². The van der Waals surface area contributed by atoms with Gasteiger partial charge in [-0.1, -0.05) is 32.0 Å². The van der Waals surface area contributed by atoms with Crippen LogP contribution in [0, 0.1) is 0 Å². The SMILES string of the molecule is CCc1cccc(CC)c1NC(=O)[C@@H](C)OC(=O)/C=C/c1ccc(OC)cc1OC. The molecule has 2 rings (SSSR count). The van der Waals surface area contributed by atoms with Crippen molar-refractivity contribution in [2.75, 3.05) is 19.5 Å². The number of amides is 1. The minimum atomic E-state index is -0.936. The molecule has 1 atom stereocenters. The molecule has 30 heavy (non-hydrogen) atoms. The Morgan fingerprint density at radius 2 is 1.70 bits per heavy atom. The van der Waals surface area contributed by atoms with Crippen LogP contribution in [0.25, 0.3) is 6.08 Å². The molecule has 0 spiro atoms. The van der Waals surface area contributed by atoms with E-state index in [2.05, 4.69) is 5.32 Å². The molecule has 0 unspecified atom stereocenters. The smallest absolute Gasteiger partial charge is 0.331 e. The minimum Gasteiger partial charge on any atom is -0.497 e. The molecule has 0 aromatic heterocycles. The molecule has 0 bridgehead atoms. The molecule has 0 aliphatic heterocycles.